The molecule has 100 valence electrons. The van der Waals surface area contributed by atoms with Crippen LogP contribution in [-0.2, 0) is 6.54 Å². The molecule has 0 fully saturated rings. The highest BCUT2D eigenvalue weighted by atomic mass is 127. The van der Waals surface area contributed by atoms with Gasteiger partial charge in [-0.1, -0.05) is 0 Å². The molecular formula is C13H13FIN3O. The number of aryl methyl sites for hydroxylation is 1. The van der Waals surface area contributed by atoms with Crippen LogP contribution < -0.4 is 10.1 Å². The fourth-order valence-electron chi connectivity index (χ4n) is 1.61. The Morgan fingerprint density at radius 2 is 2.21 bits per heavy atom. The lowest BCUT2D eigenvalue weighted by Gasteiger charge is -2.10. The zero-order chi connectivity index (χ0) is 13.8. The summed E-state index contributed by atoms with van der Waals surface area (Å²) in [6, 6.07) is 5.26. The first kappa shape index (κ1) is 14.0. The van der Waals surface area contributed by atoms with Crippen molar-refractivity contribution in [2.75, 3.05) is 12.4 Å². The lowest BCUT2D eigenvalue weighted by atomic mass is 10.2. The fourth-order valence-corrected chi connectivity index (χ4v) is 1.91. The molecule has 0 radical (unpaired) electrons. The molecule has 0 atom stereocenters. The minimum Gasteiger partial charge on any atom is -0.481 e. The van der Waals surface area contributed by atoms with E-state index in [1.165, 1.54) is 13.2 Å². The van der Waals surface area contributed by atoms with Gasteiger partial charge in [-0.15, -0.1) is 0 Å². The standard InChI is InChI=1S/C13H13FIN3O/c1-8-11(15)3-4-12(18-8)16-6-9-5-10(14)7-17-13(9)19-2/h3-5,7H,6H2,1-2H3,(H,16,18). The number of halogens is 2. The van der Waals surface area contributed by atoms with E-state index >= 15 is 0 Å². The molecule has 2 heterocycles. The van der Waals surface area contributed by atoms with Crippen molar-refractivity contribution in [3.63, 3.8) is 0 Å². The molecule has 0 saturated carbocycles. The Hall–Kier alpha value is -1.44. The van der Waals surface area contributed by atoms with Crippen molar-refractivity contribution in [3.05, 3.63) is 45.0 Å². The topological polar surface area (TPSA) is 47.0 Å². The van der Waals surface area contributed by atoms with Crippen molar-refractivity contribution in [3.8, 4) is 5.88 Å². The van der Waals surface area contributed by atoms with Crippen LogP contribution in [0.15, 0.2) is 24.4 Å². The van der Waals surface area contributed by atoms with Gasteiger partial charge in [0.05, 0.1) is 19.0 Å². The molecule has 4 nitrogen and oxygen atoms in total. The minimum atomic E-state index is -0.385. The summed E-state index contributed by atoms with van der Waals surface area (Å²) < 4.78 is 19.4. The molecule has 0 aliphatic rings. The van der Waals surface area contributed by atoms with Crippen LogP contribution in [0.2, 0.25) is 0 Å². The highest BCUT2D eigenvalue weighted by molar-refractivity contribution is 14.1. The van der Waals surface area contributed by atoms with E-state index in [0.29, 0.717) is 18.0 Å². The Labute approximate surface area is 124 Å². The van der Waals surface area contributed by atoms with E-state index in [2.05, 4.69) is 37.9 Å². The van der Waals surface area contributed by atoms with E-state index < -0.39 is 0 Å². The van der Waals surface area contributed by atoms with Gasteiger partial charge in [0.25, 0.3) is 0 Å². The lowest BCUT2D eigenvalue weighted by molar-refractivity contribution is 0.391. The maximum absolute atomic E-state index is 13.2. The van der Waals surface area contributed by atoms with Crippen LogP contribution in [0.4, 0.5) is 10.2 Å². The van der Waals surface area contributed by atoms with Gasteiger partial charge in [0.15, 0.2) is 0 Å². The van der Waals surface area contributed by atoms with Crippen LogP contribution in [0.25, 0.3) is 0 Å². The number of nitrogens with one attached hydrogen (secondary N) is 1. The highest BCUT2D eigenvalue weighted by Crippen LogP contribution is 2.18. The molecule has 0 saturated heterocycles. The molecule has 6 heteroatoms. The molecule has 0 aliphatic heterocycles. The second-order valence-corrected chi connectivity index (χ2v) is 5.10. The predicted octanol–water partition coefficient (Wildman–Crippen LogP) is 3.15. The van der Waals surface area contributed by atoms with Crippen molar-refractivity contribution in [2.24, 2.45) is 0 Å². The molecule has 19 heavy (non-hydrogen) atoms. The van der Waals surface area contributed by atoms with Gasteiger partial charge in [0.1, 0.15) is 11.6 Å². The van der Waals surface area contributed by atoms with Gasteiger partial charge in [0, 0.05) is 15.7 Å². The zero-order valence-corrected chi connectivity index (χ0v) is 12.7. The fraction of sp³-hybridized carbons (Fsp3) is 0.231. The van der Waals surface area contributed by atoms with Crippen LogP contribution in [-0.4, -0.2) is 17.1 Å². The summed E-state index contributed by atoms with van der Waals surface area (Å²) in [6.07, 6.45) is 1.13. The number of pyridine rings is 2. The lowest BCUT2D eigenvalue weighted by Crippen LogP contribution is -2.05. The van der Waals surface area contributed by atoms with Crippen molar-refractivity contribution in [2.45, 2.75) is 13.5 Å². The normalized spacial score (nSPS) is 10.3. The van der Waals surface area contributed by atoms with Gasteiger partial charge in [-0.05, 0) is 47.7 Å². The third-order valence-electron chi connectivity index (χ3n) is 2.57. The first-order valence-corrected chi connectivity index (χ1v) is 6.73. The second kappa shape index (κ2) is 6.14. The van der Waals surface area contributed by atoms with Gasteiger partial charge >= 0.3 is 0 Å². The molecule has 2 rings (SSSR count). The average molecular weight is 373 g/mol. The van der Waals surface area contributed by atoms with Gasteiger partial charge < -0.3 is 10.1 Å². The molecule has 1 N–H and O–H groups in total. The number of ether oxygens (including phenoxy) is 1. The molecule has 0 amide bonds. The van der Waals surface area contributed by atoms with E-state index in [1.54, 1.807) is 0 Å². The van der Waals surface area contributed by atoms with Gasteiger partial charge in [-0.25, -0.2) is 14.4 Å². The van der Waals surface area contributed by atoms with Crippen LogP contribution in [0.5, 0.6) is 5.88 Å². The molecule has 0 unspecified atom stereocenters. The Balaban J connectivity index is 2.13. The summed E-state index contributed by atoms with van der Waals surface area (Å²) in [7, 11) is 1.51. The number of hydrogen-bond donors (Lipinski definition) is 1. The quantitative estimate of drug-likeness (QED) is 0.837. The summed E-state index contributed by atoms with van der Waals surface area (Å²) in [5, 5.41) is 3.13. The second-order valence-electron chi connectivity index (χ2n) is 3.94. The minimum absolute atomic E-state index is 0.385. The molecule has 2 aromatic heterocycles. The van der Waals surface area contributed by atoms with Crippen LogP contribution in [0.3, 0.4) is 0 Å². The van der Waals surface area contributed by atoms with Gasteiger partial charge in [-0.3, -0.25) is 0 Å². The van der Waals surface area contributed by atoms with E-state index in [0.717, 1.165) is 21.3 Å². The van der Waals surface area contributed by atoms with Gasteiger partial charge in [-0.2, -0.15) is 0 Å². The number of methoxy groups -OCH3 is 1. The third kappa shape index (κ3) is 3.52. The molecular weight excluding hydrogens is 360 g/mol. The average Bonchev–Trinajstić information content (AvgIpc) is 2.40. The smallest absolute Gasteiger partial charge is 0.218 e. The van der Waals surface area contributed by atoms with Crippen molar-refractivity contribution in [1.82, 2.24) is 9.97 Å². The highest BCUT2D eigenvalue weighted by Gasteiger charge is 2.07. The number of rotatable bonds is 4. The molecule has 0 bridgehead atoms. The van der Waals surface area contributed by atoms with Crippen molar-refractivity contribution < 1.29 is 9.13 Å². The molecule has 0 aromatic carbocycles. The van der Waals surface area contributed by atoms with Crippen LogP contribution in [0.1, 0.15) is 11.3 Å². The molecule has 0 spiro atoms. The Morgan fingerprint density at radius 3 is 2.89 bits per heavy atom. The van der Waals surface area contributed by atoms with Crippen molar-refractivity contribution in [1.29, 1.82) is 0 Å². The van der Waals surface area contributed by atoms with E-state index in [-0.39, 0.29) is 5.82 Å². The Morgan fingerprint density at radius 1 is 1.42 bits per heavy atom. The maximum Gasteiger partial charge on any atom is 0.218 e. The van der Waals surface area contributed by atoms with Crippen molar-refractivity contribution >= 4 is 28.4 Å². The number of nitrogens with zero attached hydrogens (tertiary/aromatic N) is 2. The predicted molar refractivity (Wildman–Crippen MR) is 79.8 cm³/mol. The first-order valence-electron chi connectivity index (χ1n) is 5.65. The summed E-state index contributed by atoms with van der Waals surface area (Å²) >= 11 is 2.23. The van der Waals surface area contributed by atoms with Gasteiger partial charge in [0.2, 0.25) is 5.88 Å². The molecule has 0 aliphatic carbocycles. The Bertz CT molecular complexity index is 592. The summed E-state index contributed by atoms with van der Waals surface area (Å²) in [5.41, 5.74) is 1.61. The van der Waals surface area contributed by atoms with Crippen LogP contribution >= 0.6 is 22.6 Å². The summed E-state index contributed by atoms with van der Waals surface area (Å²) in [6.45, 7) is 2.35. The SMILES string of the molecule is COc1ncc(F)cc1CNc1ccc(I)c(C)n1. The third-order valence-corrected chi connectivity index (χ3v) is 3.71. The monoisotopic (exact) mass is 373 g/mol. The zero-order valence-electron chi connectivity index (χ0n) is 10.6. The largest absolute Gasteiger partial charge is 0.481 e. The first-order chi connectivity index (χ1) is 9.10. The Kier molecular flexibility index (Phi) is 4.52. The number of anilines is 1. The summed E-state index contributed by atoms with van der Waals surface area (Å²) in [4.78, 5) is 8.27. The number of aromatic nitrogens is 2. The molecule has 2 aromatic rings. The maximum atomic E-state index is 13.2. The van der Waals surface area contributed by atoms with E-state index in [4.69, 9.17) is 4.74 Å². The van der Waals surface area contributed by atoms with E-state index in [9.17, 15) is 4.39 Å². The van der Waals surface area contributed by atoms with E-state index in [1.807, 2.05) is 19.1 Å². The summed E-state index contributed by atoms with van der Waals surface area (Å²) in [5.74, 6) is 0.768. The number of hydrogen-bond acceptors (Lipinski definition) is 4. The van der Waals surface area contributed by atoms with Crippen LogP contribution in [0, 0.1) is 16.3 Å².